The number of nitrogens with zero attached hydrogens (tertiary/aromatic N) is 3. The molecule has 8 heteroatoms. The molecular formula is C22H20Cl2N4O2. The summed E-state index contributed by atoms with van der Waals surface area (Å²) in [6, 6.07) is 16.2. The molecule has 2 aromatic carbocycles. The molecule has 0 bridgehead atoms. The van der Waals surface area contributed by atoms with Crippen LogP contribution in [0.1, 0.15) is 23.2 Å². The molecule has 0 radical (unpaired) electrons. The summed E-state index contributed by atoms with van der Waals surface area (Å²) >= 11 is 12.0. The summed E-state index contributed by atoms with van der Waals surface area (Å²) in [5.74, 6) is -0.108. The molecule has 1 fully saturated rings. The third-order valence-electron chi connectivity index (χ3n) is 5.11. The lowest BCUT2D eigenvalue weighted by Crippen LogP contribution is -2.43. The van der Waals surface area contributed by atoms with Gasteiger partial charge in [0.25, 0.3) is 5.91 Å². The Morgan fingerprint density at radius 1 is 1.03 bits per heavy atom. The molecule has 2 amide bonds. The fourth-order valence-corrected chi connectivity index (χ4v) is 3.83. The Morgan fingerprint density at radius 2 is 1.83 bits per heavy atom. The maximum Gasteiger partial charge on any atom is 0.253 e. The Kier molecular flexibility index (Phi) is 6.06. The standard InChI is InChI=1S/C22H20Cl2N4O2/c23-18-9-8-15(13-19(18)24)22(30)27-11-4-5-16(14-27)21(29)25-20-10-12-28(26-20)17-6-2-1-3-7-17/h1-3,6-10,12-13,16H,4-5,11,14H2,(H,25,26,29). The zero-order valence-electron chi connectivity index (χ0n) is 16.1. The Hall–Kier alpha value is -2.83. The zero-order chi connectivity index (χ0) is 21.1. The van der Waals surface area contributed by atoms with Gasteiger partial charge in [-0.25, -0.2) is 4.68 Å². The molecule has 1 aliphatic rings. The summed E-state index contributed by atoms with van der Waals surface area (Å²) < 4.78 is 1.70. The van der Waals surface area contributed by atoms with Gasteiger partial charge in [0.05, 0.1) is 21.7 Å². The number of carbonyl (C=O) groups is 2. The highest BCUT2D eigenvalue weighted by Gasteiger charge is 2.29. The van der Waals surface area contributed by atoms with Crippen molar-refractivity contribution >= 4 is 40.8 Å². The van der Waals surface area contributed by atoms with Crippen LogP contribution in [-0.2, 0) is 4.79 Å². The van der Waals surface area contributed by atoms with Crippen molar-refractivity contribution < 1.29 is 9.59 Å². The maximum absolute atomic E-state index is 12.8. The third kappa shape index (κ3) is 4.50. The first-order chi connectivity index (χ1) is 14.5. The van der Waals surface area contributed by atoms with Crippen molar-refractivity contribution in [3.05, 3.63) is 76.4 Å². The Labute approximate surface area is 184 Å². The number of likely N-dealkylation sites (tertiary alicyclic amines) is 1. The molecule has 4 rings (SSSR count). The van der Waals surface area contributed by atoms with E-state index in [1.165, 1.54) is 0 Å². The van der Waals surface area contributed by atoms with Crippen LogP contribution in [0.15, 0.2) is 60.8 Å². The fraction of sp³-hybridized carbons (Fsp3) is 0.227. The number of anilines is 1. The van der Waals surface area contributed by atoms with Crippen molar-refractivity contribution in [3.63, 3.8) is 0 Å². The minimum absolute atomic E-state index is 0.139. The lowest BCUT2D eigenvalue weighted by Gasteiger charge is -2.32. The molecule has 30 heavy (non-hydrogen) atoms. The molecular weight excluding hydrogens is 423 g/mol. The minimum Gasteiger partial charge on any atom is -0.338 e. The number of rotatable bonds is 4. The van der Waals surface area contributed by atoms with Gasteiger partial charge in [0.2, 0.25) is 5.91 Å². The van der Waals surface area contributed by atoms with Crippen LogP contribution in [0.3, 0.4) is 0 Å². The van der Waals surface area contributed by atoms with Gasteiger partial charge in [-0.05, 0) is 43.2 Å². The van der Waals surface area contributed by atoms with E-state index >= 15 is 0 Å². The third-order valence-corrected chi connectivity index (χ3v) is 5.85. The molecule has 3 aromatic rings. The van der Waals surface area contributed by atoms with E-state index in [1.807, 2.05) is 30.3 Å². The Bertz CT molecular complexity index is 1070. The Balaban J connectivity index is 1.40. The van der Waals surface area contributed by atoms with Crippen molar-refractivity contribution in [3.8, 4) is 5.69 Å². The SMILES string of the molecule is O=C(Nc1ccn(-c2ccccc2)n1)C1CCCN(C(=O)c2ccc(Cl)c(Cl)c2)C1. The number of amides is 2. The van der Waals surface area contributed by atoms with E-state index in [0.717, 1.165) is 18.5 Å². The number of benzene rings is 2. The number of piperidine rings is 1. The smallest absolute Gasteiger partial charge is 0.253 e. The molecule has 1 saturated heterocycles. The quantitative estimate of drug-likeness (QED) is 0.638. The van der Waals surface area contributed by atoms with E-state index < -0.39 is 0 Å². The van der Waals surface area contributed by atoms with Gasteiger partial charge < -0.3 is 10.2 Å². The monoisotopic (exact) mass is 442 g/mol. The lowest BCUT2D eigenvalue weighted by molar-refractivity contribution is -0.121. The van der Waals surface area contributed by atoms with Gasteiger partial charge in [0, 0.05) is 30.9 Å². The first-order valence-corrected chi connectivity index (χ1v) is 10.4. The summed E-state index contributed by atoms with van der Waals surface area (Å²) in [5.41, 5.74) is 1.38. The van der Waals surface area contributed by atoms with Gasteiger partial charge >= 0.3 is 0 Å². The number of nitrogens with one attached hydrogen (secondary N) is 1. The highest BCUT2D eigenvalue weighted by molar-refractivity contribution is 6.42. The molecule has 1 aliphatic heterocycles. The van der Waals surface area contributed by atoms with Gasteiger partial charge in [-0.15, -0.1) is 0 Å². The molecule has 0 spiro atoms. The molecule has 154 valence electrons. The summed E-state index contributed by atoms with van der Waals surface area (Å²) in [7, 11) is 0. The van der Waals surface area contributed by atoms with Crippen LogP contribution in [-0.4, -0.2) is 39.6 Å². The van der Waals surface area contributed by atoms with Crippen molar-refractivity contribution in [1.29, 1.82) is 0 Å². The zero-order valence-corrected chi connectivity index (χ0v) is 17.6. The lowest BCUT2D eigenvalue weighted by atomic mass is 9.96. The summed E-state index contributed by atoms with van der Waals surface area (Å²) in [6.07, 6.45) is 3.27. The van der Waals surface area contributed by atoms with E-state index in [4.69, 9.17) is 23.2 Å². The number of aromatic nitrogens is 2. The van der Waals surface area contributed by atoms with E-state index in [0.29, 0.717) is 34.5 Å². The highest BCUT2D eigenvalue weighted by Crippen LogP contribution is 2.25. The second kappa shape index (κ2) is 8.90. The van der Waals surface area contributed by atoms with Crippen LogP contribution in [0.5, 0.6) is 0 Å². The van der Waals surface area contributed by atoms with E-state index in [-0.39, 0.29) is 17.7 Å². The van der Waals surface area contributed by atoms with Gasteiger partial charge in [0.15, 0.2) is 5.82 Å². The normalized spacial score (nSPS) is 16.3. The molecule has 6 nitrogen and oxygen atoms in total. The molecule has 1 N–H and O–H groups in total. The first-order valence-electron chi connectivity index (χ1n) is 9.67. The molecule has 0 saturated carbocycles. The first kappa shape index (κ1) is 20.4. The number of halogens is 2. The summed E-state index contributed by atoms with van der Waals surface area (Å²) in [5, 5.41) is 8.02. The van der Waals surface area contributed by atoms with Crippen LogP contribution < -0.4 is 5.32 Å². The van der Waals surface area contributed by atoms with E-state index in [2.05, 4.69) is 10.4 Å². The summed E-state index contributed by atoms with van der Waals surface area (Å²) in [6.45, 7) is 0.954. The van der Waals surface area contributed by atoms with E-state index in [1.54, 1.807) is 40.0 Å². The Morgan fingerprint density at radius 3 is 2.60 bits per heavy atom. The average Bonchev–Trinajstić information content (AvgIpc) is 3.24. The summed E-state index contributed by atoms with van der Waals surface area (Å²) in [4.78, 5) is 27.3. The molecule has 1 atom stereocenters. The average molecular weight is 443 g/mol. The van der Waals surface area contributed by atoms with Gasteiger partial charge in [0.1, 0.15) is 0 Å². The predicted molar refractivity (Wildman–Crippen MR) is 117 cm³/mol. The maximum atomic E-state index is 12.8. The number of carbonyl (C=O) groups excluding carboxylic acids is 2. The van der Waals surface area contributed by atoms with Crippen LogP contribution in [0.2, 0.25) is 10.0 Å². The second-order valence-corrected chi connectivity index (χ2v) is 8.00. The predicted octanol–water partition coefficient (Wildman–Crippen LogP) is 4.67. The highest BCUT2D eigenvalue weighted by atomic mass is 35.5. The second-order valence-electron chi connectivity index (χ2n) is 7.19. The van der Waals surface area contributed by atoms with Crippen molar-refractivity contribution in [2.75, 3.05) is 18.4 Å². The number of para-hydroxylation sites is 1. The number of hydrogen-bond acceptors (Lipinski definition) is 3. The van der Waals surface area contributed by atoms with Gasteiger partial charge in [-0.2, -0.15) is 5.10 Å². The molecule has 2 heterocycles. The minimum atomic E-state index is -0.299. The molecule has 1 unspecified atom stereocenters. The molecule has 0 aliphatic carbocycles. The van der Waals surface area contributed by atoms with Crippen molar-refractivity contribution in [2.24, 2.45) is 5.92 Å². The van der Waals surface area contributed by atoms with Crippen molar-refractivity contribution in [2.45, 2.75) is 12.8 Å². The number of hydrogen-bond donors (Lipinski definition) is 1. The largest absolute Gasteiger partial charge is 0.338 e. The topological polar surface area (TPSA) is 67.2 Å². The molecule has 1 aromatic heterocycles. The van der Waals surface area contributed by atoms with E-state index in [9.17, 15) is 9.59 Å². The van der Waals surface area contributed by atoms with Crippen LogP contribution >= 0.6 is 23.2 Å². The van der Waals surface area contributed by atoms with Crippen molar-refractivity contribution in [1.82, 2.24) is 14.7 Å². The fourth-order valence-electron chi connectivity index (χ4n) is 3.53. The van der Waals surface area contributed by atoms with Crippen LogP contribution in [0.25, 0.3) is 5.69 Å². The van der Waals surface area contributed by atoms with Crippen LogP contribution in [0, 0.1) is 5.92 Å². The van der Waals surface area contributed by atoms with Gasteiger partial charge in [-0.1, -0.05) is 41.4 Å². The van der Waals surface area contributed by atoms with Crippen LogP contribution in [0.4, 0.5) is 5.82 Å². The van der Waals surface area contributed by atoms with Gasteiger partial charge in [-0.3, -0.25) is 9.59 Å².